The van der Waals surface area contributed by atoms with Crippen LogP contribution in [0.1, 0.15) is 51.3 Å². The molecule has 1 aromatic carbocycles. The molecule has 4 nitrogen and oxygen atoms in total. The molecule has 1 spiro atoms. The number of hydrogen-bond acceptors (Lipinski definition) is 4. The fraction of sp³-hybridized carbons (Fsp3) is 0.714. The highest BCUT2D eigenvalue weighted by Gasteiger charge is 2.39. The van der Waals surface area contributed by atoms with E-state index in [0.717, 1.165) is 50.6 Å². The summed E-state index contributed by atoms with van der Waals surface area (Å²) in [5.41, 5.74) is 0.896. The maximum absolute atomic E-state index is 10.8. The van der Waals surface area contributed by atoms with Crippen LogP contribution in [0.3, 0.4) is 0 Å². The molecular weight excluding hydrogens is 312 g/mol. The third-order valence-corrected chi connectivity index (χ3v) is 5.73. The Balaban J connectivity index is 1.60. The highest BCUT2D eigenvalue weighted by atomic mass is 16.5. The number of likely N-dealkylation sites (tertiary alicyclic amines) is 1. The molecule has 4 heteroatoms. The van der Waals surface area contributed by atoms with Crippen LogP contribution in [-0.2, 0) is 4.74 Å². The van der Waals surface area contributed by atoms with Crippen molar-refractivity contribution in [2.24, 2.45) is 5.92 Å². The fourth-order valence-corrected chi connectivity index (χ4v) is 4.11. The van der Waals surface area contributed by atoms with Gasteiger partial charge in [-0.3, -0.25) is 4.90 Å². The Morgan fingerprint density at radius 2 is 1.92 bits per heavy atom. The third-order valence-electron chi connectivity index (χ3n) is 5.73. The second kappa shape index (κ2) is 8.63. The topological polar surface area (TPSA) is 35.9 Å². The van der Waals surface area contributed by atoms with Crippen LogP contribution in [0.5, 0.6) is 0 Å². The van der Waals surface area contributed by atoms with Crippen molar-refractivity contribution in [1.82, 2.24) is 9.80 Å². The van der Waals surface area contributed by atoms with Crippen molar-refractivity contribution in [2.75, 3.05) is 39.3 Å². The molecule has 2 fully saturated rings. The maximum Gasteiger partial charge on any atom is 0.133 e. The van der Waals surface area contributed by atoms with Crippen LogP contribution in [0.25, 0.3) is 0 Å². The van der Waals surface area contributed by atoms with Gasteiger partial charge in [-0.15, -0.1) is 0 Å². The first kappa shape index (κ1) is 18.8. The Bertz CT molecular complexity index is 522. The lowest BCUT2D eigenvalue weighted by molar-refractivity contribution is -0.154. The summed E-state index contributed by atoms with van der Waals surface area (Å²) in [6.45, 7) is 10.4. The van der Waals surface area contributed by atoms with E-state index in [-0.39, 0.29) is 5.60 Å². The monoisotopic (exact) mass is 346 g/mol. The molecule has 2 atom stereocenters. The standard InChI is InChI=1S/C21H34N2O2/c1-18(2)9-13-22-12-6-10-21(11-14-22)17-23(15-16-25-21)20(24)19-7-4-3-5-8-19/h3-5,7-8,18,20,24H,6,9-17H2,1-2H3/t20?,21-/m1/s1. The van der Waals surface area contributed by atoms with Crippen molar-refractivity contribution in [1.29, 1.82) is 0 Å². The van der Waals surface area contributed by atoms with E-state index in [1.54, 1.807) is 0 Å². The summed E-state index contributed by atoms with van der Waals surface area (Å²) in [6, 6.07) is 10.00. The van der Waals surface area contributed by atoms with Gasteiger partial charge in [0.25, 0.3) is 0 Å². The maximum atomic E-state index is 10.8. The molecule has 1 unspecified atom stereocenters. The normalized spacial score (nSPS) is 27.5. The molecule has 0 aromatic heterocycles. The van der Waals surface area contributed by atoms with E-state index in [9.17, 15) is 5.11 Å². The zero-order valence-corrected chi connectivity index (χ0v) is 15.9. The van der Waals surface area contributed by atoms with Gasteiger partial charge in [-0.25, -0.2) is 0 Å². The average Bonchev–Trinajstić information content (AvgIpc) is 2.82. The molecule has 2 heterocycles. The summed E-state index contributed by atoms with van der Waals surface area (Å²) in [6.07, 6.45) is 4.11. The second-order valence-corrected chi connectivity index (χ2v) is 8.16. The van der Waals surface area contributed by atoms with Gasteiger partial charge in [0.05, 0.1) is 12.2 Å². The molecular formula is C21H34N2O2. The first-order valence-electron chi connectivity index (χ1n) is 9.91. The smallest absolute Gasteiger partial charge is 0.133 e. The minimum absolute atomic E-state index is 0.0827. The number of rotatable bonds is 5. The van der Waals surface area contributed by atoms with Gasteiger partial charge < -0.3 is 14.7 Å². The molecule has 0 bridgehead atoms. The van der Waals surface area contributed by atoms with E-state index in [4.69, 9.17) is 4.74 Å². The molecule has 0 saturated carbocycles. The van der Waals surface area contributed by atoms with Crippen LogP contribution in [-0.4, -0.2) is 59.8 Å². The van der Waals surface area contributed by atoms with Gasteiger partial charge in [-0.05, 0) is 50.3 Å². The van der Waals surface area contributed by atoms with Gasteiger partial charge in [-0.1, -0.05) is 44.2 Å². The minimum Gasteiger partial charge on any atom is -0.374 e. The number of benzene rings is 1. The molecule has 0 radical (unpaired) electrons. The molecule has 0 aliphatic carbocycles. The highest BCUT2D eigenvalue weighted by molar-refractivity contribution is 5.17. The molecule has 2 aliphatic rings. The molecule has 25 heavy (non-hydrogen) atoms. The molecule has 0 amide bonds. The number of morpholine rings is 1. The Hall–Kier alpha value is -0.940. The van der Waals surface area contributed by atoms with E-state index in [1.165, 1.54) is 25.9 Å². The first-order valence-corrected chi connectivity index (χ1v) is 9.91. The predicted molar refractivity (Wildman–Crippen MR) is 101 cm³/mol. The number of ether oxygens (including phenoxy) is 1. The number of aliphatic hydroxyl groups excluding tert-OH is 1. The number of aliphatic hydroxyl groups is 1. The van der Waals surface area contributed by atoms with Gasteiger partial charge in [0.2, 0.25) is 0 Å². The van der Waals surface area contributed by atoms with Gasteiger partial charge in [0.15, 0.2) is 0 Å². The van der Waals surface area contributed by atoms with E-state index < -0.39 is 6.23 Å². The Morgan fingerprint density at radius 3 is 2.68 bits per heavy atom. The van der Waals surface area contributed by atoms with Crippen molar-refractivity contribution in [3.63, 3.8) is 0 Å². The van der Waals surface area contributed by atoms with Crippen molar-refractivity contribution >= 4 is 0 Å². The Labute approximate surface area is 152 Å². The van der Waals surface area contributed by atoms with Gasteiger partial charge in [0, 0.05) is 19.6 Å². The Kier molecular flexibility index (Phi) is 6.50. The van der Waals surface area contributed by atoms with Gasteiger partial charge in [0.1, 0.15) is 6.23 Å². The van der Waals surface area contributed by atoms with E-state index >= 15 is 0 Å². The summed E-state index contributed by atoms with van der Waals surface area (Å²) in [5, 5.41) is 10.8. The number of hydrogen-bond donors (Lipinski definition) is 1. The fourth-order valence-electron chi connectivity index (χ4n) is 4.11. The van der Waals surface area contributed by atoms with Crippen LogP contribution in [0, 0.1) is 5.92 Å². The second-order valence-electron chi connectivity index (χ2n) is 8.16. The Morgan fingerprint density at radius 1 is 1.12 bits per heavy atom. The largest absolute Gasteiger partial charge is 0.374 e. The van der Waals surface area contributed by atoms with E-state index in [1.807, 2.05) is 30.3 Å². The van der Waals surface area contributed by atoms with Crippen molar-refractivity contribution < 1.29 is 9.84 Å². The molecule has 140 valence electrons. The van der Waals surface area contributed by atoms with Crippen LogP contribution in [0.4, 0.5) is 0 Å². The minimum atomic E-state index is -0.526. The van der Waals surface area contributed by atoms with Gasteiger partial charge in [-0.2, -0.15) is 0 Å². The lowest BCUT2D eigenvalue weighted by Crippen LogP contribution is -2.53. The zero-order chi connectivity index (χ0) is 17.7. The zero-order valence-electron chi connectivity index (χ0n) is 15.9. The predicted octanol–water partition coefficient (Wildman–Crippen LogP) is 3.28. The average molecular weight is 347 g/mol. The first-order chi connectivity index (χ1) is 12.1. The van der Waals surface area contributed by atoms with Gasteiger partial charge >= 0.3 is 0 Å². The third kappa shape index (κ3) is 5.04. The number of nitrogens with zero attached hydrogens (tertiary/aromatic N) is 2. The quantitative estimate of drug-likeness (QED) is 0.888. The lowest BCUT2D eigenvalue weighted by atomic mass is 9.92. The van der Waals surface area contributed by atoms with Crippen molar-refractivity contribution in [3.05, 3.63) is 35.9 Å². The summed E-state index contributed by atoms with van der Waals surface area (Å²) in [7, 11) is 0. The van der Waals surface area contributed by atoms with Crippen LogP contribution >= 0.6 is 0 Å². The molecule has 2 saturated heterocycles. The summed E-state index contributed by atoms with van der Waals surface area (Å²) in [4.78, 5) is 4.80. The summed E-state index contributed by atoms with van der Waals surface area (Å²) < 4.78 is 6.30. The van der Waals surface area contributed by atoms with E-state index in [2.05, 4.69) is 23.6 Å². The van der Waals surface area contributed by atoms with Crippen molar-refractivity contribution in [2.45, 2.75) is 51.4 Å². The SMILES string of the molecule is CC(C)CCN1CCC[C@@]2(CC1)CN(C(O)c1ccccc1)CCO2. The molecule has 3 rings (SSSR count). The van der Waals surface area contributed by atoms with Crippen LogP contribution in [0.2, 0.25) is 0 Å². The highest BCUT2D eigenvalue weighted by Crippen LogP contribution is 2.33. The van der Waals surface area contributed by atoms with Crippen molar-refractivity contribution in [3.8, 4) is 0 Å². The summed E-state index contributed by atoms with van der Waals surface area (Å²) in [5.74, 6) is 0.764. The van der Waals surface area contributed by atoms with Crippen LogP contribution < -0.4 is 0 Å². The van der Waals surface area contributed by atoms with Crippen LogP contribution in [0.15, 0.2) is 30.3 Å². The molecule has 1 N–H and O–H groups in total. The molecule has 1 aromatic rings. The lowest BCUT2D eigenvalue weighted by Gasteiger charge is -2.44. The van der Waals surface area contributed by atoms with E-state index in [0.29, 0.717) is 0 Å². The summed E-state index contributed by atoms with van der Waals surface area (Å²) >= 11 is 0. The molecule has 2 aliphatic heterocycles.